The first kappa shape index (κ1) is 99.2. The van der Waals surface area contributed by atoms with Crippen molar-refractivity contribution >= 4 is 56.1 Å². The van der Waals surface area contributed by atoms with Gasteiger partial charge in [0.15, 0.2) is 23.1 Å². The minimum absolute atomic E-state index is 0. The Morgan fingerprint density at radius 1 is 0.396 bits per heavy atom. The Kier molecular flexibility index (Phi) is 52.0. The Labute approximate surface area is 695 Å². The zero-order chi connectivity index (χ0) is 74.0. The zero-order valence-electron chi connectivity index (χ0n) is 60.5. The van der Waals surface area contributed by atoms with Gasteiger partial charge in [0.25, 0.3) is 0 Å². The molecule has 14 nitrogen and oxygen atoms in total. The normalized spacial score (nSPS) is 10.2. The average molecular weight is 2320 g/mol. The van der Waals surface area contributed by atoms with Crippen molar-refractivity contribution in [1.82, 2.24) is 24.9 Å². The van der Waals surface area contributed by atoms with Crippen LogP contribution in [-0.2, 0) is 125 Å². The number of ether oxygens (including phenoxy) is 1. The van der Waals surface area contributed by atoms with Gasteiger partial charge in [0.2, 0.25) is 5.88 Å². The molecule has 4 N–H and O–H groups in total. The minimum Gasteiger partial charge on any atom is -0.512 e. The summed E-state index contributed by atoms with van der Waals surface area (Å²) >= 11 is 1.66. The van der Waals surface area contributed by atoms with Gasteiger partial charge >= 0.3 is 0 Å². The first-order valence-corrected chi connectivity index (χ1v) is 32.6. The van der Waals surface area contributed by atoms with Crippen LogP contribution in [0.5, 0.6) is 5.88 Å². The molecule has 6 heterocycles. The Morgan fingerprint density at radius 2 is 0.849 bits per heavy atom. The summed E-state index contributed by atoms with van der Waals surface area (Å²) in [7, 11) is 1.61. The minimum atomic E-state index is -0.125. The molecule has 0 atom stereocenters. The Balaban J connectivity index is 0. The van der Waals surface area contributed by atoms with E-state index in [0.29, 0.717) is 5.88 Å². The molecule has 6 aromatic carbocycles. The van der Waals surface area contributed by atoms with E-state index in [0.717, 1.165) is 55.2 Å². The van der Waals surface area contributed by atoms with Gasteiger partial charge in [-0.3, -0.25) is 24.2 Å². The van der Waals surface area contributed by atoms with Crippen LogP contribution in [0.25, 0.3) is 77.1 Å². The molecule has 0 bridgehead atoms. The largest absolute Gasteiger partial charge is 0.512 e. The molecular formula is C86H84Ir5N5O9S-5. The van der Waals surface area contributed by atoms with Crippen LogP contribution >= 0.6 is 11.3 Å². The number of hydrogen-bond acceptors (Lipinski definition) is 15. The summed E-state index contributed by atoms with van der Waals surface area (Å²) in [5.74, 6) is 0.375. The molecule has 0 aliphatic rings. The van der Waals surface area contributed by atoms with Crippen molar-refractivity contribution in [1.29, 1.82) is 0 Å². The standard InChI is InChI=1S/C17H12N.C15H16N.C13H8N.C12H10NO.C9H6NS.4C5H8O2.5Ir/c1-2-6-14(7-3-1)15-9-11-16(12-10-15)17-8-4-5-13-18-17;1-15(2,3)13-9-7-12(8-10-13)14-6-4-5-11-16-14;1-2-6-12-10(4-1)7-8-11-5-3-9-14-13(11)12;1-14-12-9-5-8-11(13-12)10-6-3-2-4-7-10;1-2-6-10-8(4-1)9-5-3-7-11-9;4*1-4(6)3-5(2)7;;;;;/h1-11,13H;4-7,9-11H,1-3H3;1-5,7-9H;2-6,8-9H,1H3;1-4,6-7H;4*3,6H,1-2H3;;;;;/q5*-1;;;;;;;;;. The van der Waals surface area contributed by atoms with Gasteiger partial charge in [-0.1, -0.05) is 134 Å². The predicted octanol–water partition coefficient (Wildman–Crippen LogP) is 20.6. The maximum absolute atomic E-state index is 10.0. The SMILES string of the molecule is CC(=O)C=C(C)O.CC(=O)C=C(C)O.CC(=O)C=C(C)O.CC(=O)C=C(C)O.CC(C)(C)c1c[c-]c(-c2ccccn2)cc1.COc1cccc(-c2[c-]cccc2)n1.[Ir].[Ir].[Ir].[Ir].[Ir].[c-]1cc(-c2ccccc2)ccc1-c1ccccn1.[c-]1cccc2ccc3cccnc3c12.[c-]1ccsc1-c1ccccn1. The number of methoxy groups -OCH3 is 1. The van der Waals surface area contributed by atoms with Gasteiger partial charge in [-0.25, -0.2) is 11.3 Å². The van der Waals surface area contributed by atoms with Crippen LogP contribution in [0, 0.1) is 30.3 Å². The summed E-state index contributed by atoms with van der Waals surface area (Å²) in [6.45, 7) is 18.0. The van der Waals surface area contributed by atoms with E-state index in [2.05, 4.69) is 143 Å². The third kappa shape index (κ3) is 41.2. The molecule has 0 amide bonds. The van der Waals surface area contributed by atoms with E-state index in [4.69, 9.17) is 25.2 Å². The van der Waals surface area contributed by atoms with Gasteiger partial charge in [0.1, 0.15) is 0 Å². The molecular weight excluding hydrogens is 2240 g/mol. The number of carbonyl (C=O) groups is 4. The van der Waals surface area contributed by atoms with E-state index in [1.807, 2.05) is 157 Å². The fourth-order valence-corrected chi connectivity index (χ4v) is 9.16. The van der Waals surface area contributed by atoms with Crippen LogP contribution in [0.2, 0.25) is 0 Å². The number of rotatable bonds is 10. The van der Waals surface area contributed by atoms with E-state index in [1.165, 1.54) is 107 Å². The van der Waals surface area contributed by atoms with Gasteiger partial charge in [0, 0.05) is 150 Å². The monoisotopic (exact) mass is 2330 g/mol. The smallest absolute Gasteiger partial charge is 0.203 e. The van der Waals surface area contributed by atoms with Gasteiger partial charge in [0.05, 0.1) is 30.1 Å². The van der Waals surface area contributed by atoms with E-state index >= 15 is 0 Å². The number of nitrogens with zero attached hydrogens (tertiary/aromatic N) is 5. The number of fused-ring (bicyclic) bond motifs is 3. The number of ketones is 4. The predicted molar refractivity (Wildman–Crippen MR) is 409 cm³/mol. The van der Waals surface area contributed by atoms with Crippen LogP contribution < -0.4 is 4.74 Å². The van der Waals surface area contributed by atoms with Crippen molar-refractivity contribution < 1.29 is 145 Å². The van der Waals surface area contributed by atoms with Gasteiger partial charge in [-0.05, 0) is 125 Å². The second kappa shape index (κ2) is 55.6. The van der Waals surface area contributed by atoms with Crippen molar-refractivity contribution in [3.05, 3.63) is 326 Å². The summed E-state index contributed by atoms with van der Waals surface area (Å²) in [6, 6.07) is 86.1. The first-order chi connectivity index (χ1) is 48.3. The number of allylic oxidation sites excluding steroid dienone is 8. The molecule has 6 aromatic heterocycles. The fraction of sp³-hybridized carbons (Fsp3) is 0.151. The third-order valence-corrected chi connectivity index (χ3v) is 13.7. The van der Waals surface area contributed by atoms with Crippen molar-refractivity contribution in [3.8, 4) is 61.4 Å². The van der Waals surface area contributed by atoms with E-state index in [1.54, 1.807) is 37.0 Å². The van der Waals surface area contributed by atoms with E-state index in [-0.39, 0.29) is 152 Å². The molecule has 563 valence electrons. The van der Waals surface area contributed by atoms with E-state index < -0.39 is 0 Å². The van der Waals surface area contributed by atoms with Gasteiger partial charge in [-0.15, -0.1) is 142 Å². The molecule has 0 saturated heterocycles. The number of aliphatic hydroxyl groups is 4. The number of benzene rings is 6. The molecule has 0 saturated carbocycles. The van der Waals surface area contributed by atoms with Crippen molar-refractivity contribution in [2.75, 3.05) is 7.11 Å². The molecule has 0 unspecified atom stereocenters. The Hall–Kier alpha value is -8.82. The summed E-state index contributed by atoms with van der Waals surface area (Å²) in [5.41, 5.74) is 11.8. The quantitative estimate of drug-likeness (QED) is 0.0433. The molecule has 0 spiro atoms. The summed E-state index contributed by atoms with van der Waals surface area (Å²) < 4.78 is 5.05. The number of thiophene rings is 1. The van der Waals surface area contributed by atoms with Crippen molar-refractivity contribution in [3.63, 3.8) is 0 Å². The van der Waals surface area contributed by atoms with Crippen LogP contribution in [0.3, 0.4) is 0 Å². The molecule has 0 aliphatic carbocycles. The number of pyridine rings is 5. The van der Waals surface area contributed by atoms with E-state index in [9.17, 15) is 19.2 Å². The van der Waals surface area contributed by atoms with Crippen molar-refractivity contribution in [2.45, 2.75) is 81.6 Å². The topological polar surface area (TPSA) is 223 Å². The average Bonchev–Trinajstić information content (AvgIpc) is 0.901. The third-order valence-electron chi connectivity index (χ3n) is 12.8. The van der Waals surface area contributed by atoms with Gasteiger partial charge < -0.3 is 45.1 Å². The molecule has 20 heteroatoms. The number of hydrogen-bond donors (Lipinski definition) is 4. The molecule has 5 radical (unpaired) electrons. The van der Waals surface area contributed by atoms with Crippen molar-refractivity contribution in [2.24, 2.45) is 0 Å². The first-order valence-electron chi connectivity index (χ1n) is 31.8. The maximum Gasteiger partial charge on any atom is 0.203 e. The molecule has 0 aliphatic heterocycles. The Morgan fingerprint density at radius 3 is 1.26 bits per heavy atom. The molecule has 106 heavy (non-hydrogen) atoms. The molecule has 12 aromatic rings. The molecule has 12 rings (SSSR count). The number of aromatic nitrogens is 5. The summed E-state index contributed by atoms with van der Waals surface area (Å²) in [6.07, 6.45) is 11.9. The van der Waals surface area contributed by atoms with Crippen LogP contribution in [-0.4, -0.2) is 75.6 Å². The fourth-order valence-electron chi connectivity index (χ4n) is 8.51. The summed E-state index contributed by atoms with van der Waals surface area (Å²) in [4.78, 5) is 62.7. The summed E-state index contributed by atoms with van der Waals surface area (Å²) in [5, 5.41) is 38.9. The number of aliphatic hydroxyl groups excluding tert-OH is 4. The van der Waals surface area contributed by atoms with Gasteiger partial charge in [-0.2, -0.15) is 12.1 Å². The molecule has 0 fully saturated rings. The second-order valence-electron chi connectivity index (χ2n) is 22.8. The Bertz CT molecular complexity index is 4330. The zero-order valence-corrected chi connectivity index (χ0v) is 73.3. The van der Waals surface area contributed by atoms with Crippen LogP contribution in [0.4, 0.5) is 0 Å². The number of carbonyl (C=O) groups excluding carboxylic acids is 4. The van der Waals surface area contributed by atoms with Crippen LogP contribution in [0.1, 0.15) is 81.7 Å². The van der Waals surface area contributed by atoms with Crippen LogP contribution in [0.15, 0.2) is 290 Å². The second-order valence-corrected chi connectivity index (χ2v) is 23.8. The maximum atomic E-state index is 10.0.